The summed E-state index contributed by atoms with van der Waals surface area (Å²) in [5.74, 6) is -0.380. The Morgan fingerprint density at radius 3 is 2.22 bits per heavy atom. The lowest BCUT2D eigenvalue weighted by atomic mass is 10.1. The molecule has 0 saturated carbocycles. The van der Waals surface area contributed by atoms with E-state index < -0.39 is 11.9 Å². The number of benzene rings is 2. The first-order valence-electron chi connectivity index (χ1n) is 7.20. The van der Waals surface area contributed by atoms with Gasteiger partial charge in [0.05, 0.1) is 17.7 Å². The smallest absolute Gasteiger partial charge is 0.343 e. The van der Waals surface area contributed by atoms with Crippen molar-refractivity contribution in [2.45, 2.75) is 13.8 Å². The monoisotopic (exact) mass is 332 g/mol. The van der Waals surface area contributed by atoms with E-state index in [1.54, 1.807) is 42.5 Å². The Balaban J connectivity index is 2.07. The van der Waals surface area contributed by atoms with Crippen molar-refractivity contribution >= 4 is 23.5 Å². The van der Waals surface area contributed by atoms with Crippen LogP contribution in [0, 0.1) is 5.92 Å². The molecule has 0 unspecified atom stereocenters. The fourth-order valence-corrected chi connectivity index (χ4v) is 1.89. The summed E-state index contributed by atoms with van der Waals surface area (Å²) in [6.45, 7) is 4.23. The van der Waals surface area contributed by atoms with Crippen LogP contribution in [0.2, 0.25) is 5.02 Å². The first kappa shape index (κ1) is 17.0. The zero-order valence-electron chi connectivity index (χ0n) is 12.9. The number of ether oxygens (including phenoxy) is 2. The van der Waals surface area contributed by atoms with E-state index in [-0.39, 0.29) is 11.5 Å². The van der Waals surface area contributed by atoms with Crippen LogP contribution in [0.15, 0.2) is 48.5 Å². The van der Waals surface area contributed by atoms with E-state index in [0.717, 1.165) is 0 Å². The summed E-state index contributed by atoms with van der Waals surface area (Å²) in [4.78, 5) is 24.1. The summed E-state index contributed by atoms with van der Waals surface area (Å²) in [7, 11) is 0. The molecular weight excluding hydrogens is 316 g/mol. The Morgan fingerprint density at radius 1 is 1.00 bits per heavy atom. The van der Waals surface area contributed by atoms with Crippen LogP contribution in [-0.2, 0) is 4.74 Å². The number of hydrogen-bond acceptors (Lipinski definition) is 4. The summed E-state index contributed by atoms with van der Waals surface area (Å²) < 4.78 is 10.4. The van der Waals surface area contributed by atoms with E-state index in [1.165, 1.54) is 6.07 Å². The minimum absolute atomic E-state index is 0.247. The quantitative estimate of drug-likeness (QED) is 0.602. The Bertz CT molecular complexity index is 692. The highest BCUT2D eigenvalue weighted by Gasteiger charge is 2.13. The van der Waals surface area contributed by atoms with Crippen molar-refractivity contribution in [2.24, 2.45) is 5.92 Å². The van der Waals surface area contributed by atoms with Gasteiger partial charge in [0.25, 0.3) is 0 Å². The van der Waals surface area contributed by atoms with E-state index in [9.17, 15) is 9.59 Å². The molecule has 0 spiro atoms. The molecule has 5 heteroatoms. The molecule has 2 rings (SSSR count). The van der Waals surface area contributed by atoms with E-state index in [1.807, 2.05) is 13.8 Å². The highest BCUT2D eigenvalue weighted by atomic mass is 35.5. The molecular formula is C18H17ClO4. The molecule has 0 fully saturated rings. The topological polar surface area (TPSA) is 52.6 Å². The molecule has 4 nitrogen and oxygen atoms in total. The molecule has 0 aliphatic rings. The van der Waals surface area contributed by atoms with Crippen LogP contribution < -0.4 is 4.74 Å². The zero-order chi connectivity index (χ0) is 16.8. The maximum absolute atomic E-state index is 12.1. The molecule has 0 heterocycles. The molecule has 0 aliphatic heterocycles. The molecule has 0 amide bonds. The van der Waals surface area contributed by atoms with Gasteiger partial charge in [-0.05, 0) is 48.4 Å². The van der Waals surface area contributed by atoms with Gasteiger partial charge in [0, 0.05) is 5.02 Å². The largest absolute Gasteiger partial charge is 0.462 e. The van der Waals surface area contributed by atoms with Crippen molar-refractivity contribution in [1.82, 2.24) is 0 Å². The van der Waals surface area contributed by atoms with Crippen LogP contribution in [0.1, 0.15) is 34.6 Å². The van der Waals surface area contributed by atoms with Crippen LogP contribution >= 0.6 is 11.6 Å². The second kappa shape index (κ2) is 7.79. The predicted octanol–water partition coefficient (Wildman–Crippen LogP) is 4.37. The van der Waals surface area contributed by atoms with Crippen molar-refractivity contribution < 1.29 is 19.1 Å². The number of halogens is 1. The van der Waals surface area contributed by atoms with Gasteiger partial charge in [0.1, 0.15) is 5.75 Å². The SMILES string of the molecule is CC(C)COC(=O)c1cccc(C(=O)Oc2ccc(Cl)cc2)c1. The molecule has 0 radical (unpaired) electrons. The first-order chi connectivity index (χ1) is 11.0. The molecule has 120 valence electrons. The molecule has 0 aromatic heterocycles. The van der Waals surface area contributed by atoms with E-state index in [2.05, 4.69) is 0 Å². The van der Waals surface area contributed by atoms with Crippen molar-refractivity contribution in [2.75, 3.05) is 6.61 Å². The summed E-state index contributed by atoms with van der Waals surface area (Å²) in [5, 5.41) is 0.555. The van der Waals surface area contributed by atoms with E-state index in [4.69, 9.17) is 21.1 Å². The molecule has 23 heavy (non-hydrogen) atoms. The van der Waals surface area contributed by atoms with Gasteiger partial charge in [-0.25, -0.2) is 9.59 Å². The Hall–Kier alpha value is -2.33. The van der Waals surface area contributed by atoms with Gasteiger partial charge in [-0.1, -0.05) is 31.5 Å². The number of rotatable bonds is 5. The maximum Gasteiger partial charge on any atom is 0.343 e. The molecule has 2 aromatic carbocycles. The summed E-state index contributed by atoms with van der Waals surface area (Å²) in [6, 6.07) is 12.7. The highest BCUT2D eigenvalue weighted by Crippen LogP contribution is 2.17. The molecule has 2 aromatic rings. The Morgan fingerprint density at radius 2 is 1.61 bits per heavy atom. The average Bonchev–Trinajstić information content (AvgIpc) is 2.54. The van der Waals surface area contributed by atoms with Crippen LogP contribution in [0.3, 0.4) is 0 Å². The van der Waals surface area contributed by atoms with Gasteiger partial charge >= 0.3 is 11.9 Å². The van der Waals surface area contributed by atoms with Gasteiger partial charge in [-0.3, -0.25) is 0 Å². The molecule has 0 atom stereocenters. The number of carbonyl (C=O) groups excluding carboxylic acids is 2. The zero-order valence-corrected chi connectivity index (χ0v) is 13.7. The third kappa shape index (κ3) is 5.11. The van der Waals surface area contributed by atoms with Crippen molar-refractivity contribution in [3.8, 4) is 5.75 Å². The van der Waals surface area contributed by atoms with Crippen molar-refractivity contribution in [3.63, 3.8) is 0 Å². The standard InChI is InChI=1S/C18H17ClO4/c1-12(2)11-22-17(20)13-4-3-5-14(10-13)18(21)23-16-8-6-15(19)7-9-16/h3-10,12H,11H2,1-2H3. The van der Waals surface area contributed by atoms with Crippen LogP contribution in [-0.4, -0.2) is 18.5 Å². The third-order valence-electron chi connectivity index (χ3n) is 2.91. The van der Waals surface area contributed by atoms with Gasteiger partial charge < -0.3 is 9.47 Å². The van der Waals surface area contributed by atoms with Gasteiger partial charge in [-0.15, -0.1) is 0 Å². The van der Waals surface area contributed by atoms with Crippen LogP contribution in [0.5, 0.6) is 5.75 Å². The van der Waals surface area contributed by atoms with Gasteiger partial charge in [-0.2, -0.15) is 0 Å². The minimum atomic E-state index is -0.550. The van der Waals surface area contributed by atoms with Crippen molar-refractivity contribution in [3.05, 3.63) is 64.7 Å². The van der Waals surface area contributed by atoms with Crippen LogP contribution in [0.4, 0.5) is 0 Å². The average molecular weight is 333 g/mol. The maximum atomic E-state index is 12.1. The normalized spacial score (nSPS) is 10.4. The lowest BCUT2D eigenvalue weighted by Crippen LogP contribution is -2.13. The molecule has 0 saturated heterocycles. The highest BCUT2D eigenvalue weighted by molar-refractivity contribution is 6.30. The predicted molar refractivity (Wildman–Crippen MR) is 88.0 cm³/mol. The summed E-state index contributed by atoms with van der Waals surface area (Å²) >= 11 is 5.78. The minimum Gasteiger partial charge on any atom is -0.462 e. The summed E-state index contributed by atoms with van der Waals surface area (Å²) in [6.07, 6.45) is 0. The third-order valence-corrected chi connectivity index (χ3v) is 3.16. The first-order valence-corrected chi connectivity index (χ1v) is 7.58. The van der Waals surface area contributed by atoms with Crippen molar-refractivity contribution in [1.29, 1.82) is 0 Å². The second-order valence-electron chi connectivity index (χ2n) is 5.42. The van der Waals surface area contributed by atoms with Crippen LogP contribution in [0.25, 0.3) is 0 Å². The Kier molecular flexibility index (Phi) is 5.77. The molecule has 0 bridgehead atoms. The van der Waals surface area contributed by atoms with E-state index >= 15 is 0 Å². The number of esters is 2. The summed E-state index contributed by atoms with van der Waals surface area (Å²) in [5.41, 5.74) is 0.593. The lowest BCUT2D eigenvalue weighted by Gasteiger charge is -2.08. The Labute approximate surface area is 140 Å². The second-order valence-corrected chi connectivity index (χ2v) is 5.85. The number of hydrogen-bond donors (Lipinski definition) is 0. The fraction of sp³-hybridized carbons (Fsp3) is 0.222. The van der Waals surface area contributed by atoms with Gasteiger partial charge in [0.2, 0.25) is 0 Å². The van der Waals surface area contributed by atoms with Gasteiger partial charge in [0.15, 0.2) is 0 Å². The number of carbonyl (C=O) groups is 2. The van der Waals surface area contributed by atoms with E-state index in [0.29, 0.717) is 22.9 Å². The molecule has 0 N–H and O–H groups in total. The lowest BCUT2D eigenvalue weighted by molar-refractivity contribution is 0.0459. The molecule has 0 aliphatic carbocycles. The fourth-order valence-electron chi connectivity index (χ4n) is 1.77.